The molecule has 5 heteroatoms. The van der Waals surface area contributed by atoms with Gasteiger partial charge in [0, 0.05) is 13.2 Å². The molecule has 0 fully saturated rings. The van der Waals surface area contributed by atoms with E-state index >= 15 is 0 Å². The molecule has 1 aromatic heterocycles. The van der Waals surface area contributed by atoms with Crippen LogP contribution in [-0.4, -0.2) is 10.6 Å². The molecule has 0 saturated heterocycles. The van der Waals surface area contributed by atoms with Crippen LogP contribution in [0.1, 0.15) is 0 Å². The number of benzene rings is 1. The molecule has 0 bridgehead atoms. The summed E-state index contributed by atoms with van der Waals surface area (Å²) < 4.78 is 1.45. The highest BCUT2D eigenvalue weighted by molar-refractivity contribution is 5.93. The van der Waals surface area contributed by atoms with E-state index in [9.17, 15) is 9.59 Å². The number of pyridine rings is 1. The minimum absolute atomic E-state index is 0.188. The van der Waals surface area contributed by atoms with Crippen molar-refractivity contribution in [2.45, 2.75) is 0 Å². The molecule has 0 aliphatic rings. The zero-order valence-corrected chi connectivity index (χ0v) is 9.88. The number of primary amides is 1. The van der Waals surface area contributed by atoms with Gasteiger partial charge in [-0.3, -0.25) is 4.79 Å². The number of aromatic nitrogens is 1. The van der Waals surface area contributed by atoms with E-state index in [0.717, 1.165) is 5.56 Å². The standard InChI is InChI=1S/C13H13N3O2/c1-16-8-7-10(15-13(14)18)11(12(16)17)9-5-3-2-4-6-9/h2-8H,1H3,(H3,14,15,18). The molecule has 2 amide bonds. The third kappa shape index (κ3) is 2.24. The Morgan fingerprint density at radius 2 is 1.89 bits per heavy atom. The van der Waals surface area contributed by atoms with Crippen LogP contribution >= 0.6 is 0 Å². The fourth-order valence-corrected chi connectivity index (χ4v) is 1.75. The second kappa shape index (κ2) is 4.75. The number of nitrogens with one attached hydrogen (secondary N) is 1. The summed E-state index contributed by atoms with van der Waals surface area (Å²) in [5, 5.41) is 2.47. The van der Waals surface area contributed by atoms with E-state index in [4.69, 9.17) is 5.73 Å². The number of urea groups is 1. The zero-order valence-electron chi connectivity index (χ0n) is 9.88. The quantitative estimate of drug-likeness (QED) is 0.839. The summed E-state index contributed by atoms with van der Waals surface area (Å²) in [6.07, 6.45) is 1.58. The van der Waals surface area contributed by atoms with Crippen molar-refractivity contribution >= 4 is 11.7 Å². The van der Waals surface area contributed by atoms with Crippen molar-refractivity contribution in [1.82, 2.24) is 4.57 Å². The van der Waals surface area contributed by atoms with Crippen molar-refractivity contribution < 1.29 is 4.79 Å². The van der Waals surface area contributed by atoms with Gasteiger partial charge in [-0.25, -0.2) is 4.79 Å². The number of hydrogen-bond acceptors (Lipinski definition) is 2. The summed E-state index contributed by atoms with van der Waals surface area (Å²) in [4.78, 5) is 23.1. The van der Waals surface area contributed by atoms with Crippen LogP contribution < -0.4 is 16.6 Å². The Morgan fingerprint density at radius 3 is 2.50 bits per heavy atom. The SMILES string of the molecule is Cn1ccc(NC(N)=O)c(-c2ccccc2)c1=O. The summed E-state index contributed by atoms with van der Waals surface area (Å²) in [5.41, 5.74) is 6.50. The predicted molar refractivity (Wildman–Crippen MR) is 70.3 cm³/mol. The van der Waals surface area contributed by atoms with Crippen molar-refractivity contribution in [1.29, 1.82) is 0 Å². The normalized spacial score (nSPS) is 10.1. The number of amides is 2. The zero-order chi connectivity index (χ0) is 13.1. The van der Waals surface area contributed by atoms with Gasteiger partial charge in [-0.2, -0.15) is 0 Å². The third-order valence-corrected chi connectivity index (χ3v) is 2.59. The number of rotatable bonds is 2. The Bertz CT molecular complexity index is 632. The molecule has 0 unspecified atom stereocenters. The summed E-state index contributed by atoms with van der Waals surface area (Å²) >= 11 is 0. The highest BCUT2D eigenvalue weighted by atomic mass is 16.2. The lowest BCUT2D eigenvalue weighted by Crippen LogP contribution is -2.24. The van der Waals surface area contributed by atoms with Gasteiger partial charge in [0.2, 0.25) is 0 Å². The van der Waals surface area contributed by atoms with Crippen molar-refractivity contribution in [2.24, 2.45) is 12.8 Å². The first-order chi connectivity index (χ1) is 8.59. The molecule has 5 nitrogen and oxygen atoms in total. The van der Waals surface area contributed by atoms with Gasteiger partial charge < -0.3 is 15.6 Å². The van der Waals surface area contributed by atoms with Crippen LogP contribution in [0.15, 0.2) is 47.4 Å². The average molecular weight is 243 g/mol. The summed E-state index contributed by atoms with van der Waals surface area (Å²) in [6, 6.07) is 10.1. The van der Waals surface area contributed by atoms with Gasteiger partial charge in [0.05, 0.1) is 11.3 Å². The van der Waals surface area contributed by atoms with Gasteiger partial charge in [-0.15, -0.1) is 0 Å². The monoisotopic (exact) mass is 243 g/mol. The number of hydrogen-bond donors (Lipinski definition) is 2. The molecule has 2 aromatic rings. The third-order valence-electron chi connectivity index (χ3n) is 2.59. The highest BCUT2D eigenvalue weighted by Gasteiger charge is 2.11. The Hall–Kier alpha value is -2.56. The van der Waals surface area contributed by atoms with Crippen LogP contribution in [-0.2, 0) is 7.05 Å². The topological polar surface area (TPSA) is 77.1 Å². The van der Waals surface area contributed by atoms with E-state index in [-0.39, 0.29) is 5.56 Å². The first-order valence-electron chi connectivity index (χ1n) is 5.41. The van der Waals surface area contributed by atoms with Gasteiger partial charge in [-0.05, 0) is 11.6 Å². The number of nitrogens with two attached hydrogens (primary N) is 1. The molecule has 3 N–H and O–H groups in total. The molecule has 0 aliphatic carbocycles. The lowest BCUT2D eigenvalue weighted by Gasteiger charge is -2.10. The molecule has 0 radical (unpaired) electrons. The molecule has 18 heavy (non-hydrogen) atoms. The summed E-state index contributed by atoms with van der Waals surface area (Å²) in [5.74, 6) is 0. The van der Waals surface area contributed by atoms with Crippen molar-refractivity contribution in [3.63, 3.8) is 0 Å². The molecule has 2 rings (SSSR count). The minimum Gasteiger partial charge on any atom is -0.351 e. The molecule has 0 spiro atoms. The Labute approximate surface area is 104 Å². The molecular weight excluding hydrogens is 230 g/mol. The van der Waals surface area contributed by atoms with Gasteiger partial charge >= 0.3 is 6.03 Å². The molecule has 0 atom stereocenters. The van der Waals surface area contributed by atoms with Crippen LogP contribution in [0.25, 0.3) is 11.1 Å². The van der Waals surface area contributed by atoms with Crippen LogP contribution in [0, 0.1) is 0 Å². The molecule has 92 valence electrons. The average Bonchev–Trinajstić information content (AvgIpc) is 2.35. The van der Waals surface area contributed by atoms with Gasteiger partial charge in [0.1, 0.15) is 0 Å². The molecule has 0 saturated carbocycles. The van der Waals surface area contributed by atoms with Crippen LogP contribution in [0.5, 0.6) is 0 Å². The first kappa shape index (κ1) is 11.9. The fraction of sp³-hybridized carbons (Fsp3) is 0.0769. The van der Waals surface area contributed by atoms with E-state index in [2.05, 4.69) is 5.32 Å². The second-order valence-corrected chi connectivity index (χ2v) is 3.88. The molecular formula is C13H13N3O2. The maximum atomic E-state index is 12.1. The number of anilines is 1. The van der Waals surface area contributed by atoms with Crippen LogP contribution in [0.3, 0.4) is 0 Å². The van der Waals surface area contributed by atoms with E-state index < -0.39 is 6.03 Å². The van der Waals surface area contributed by atoms with Gasteiger partial charge in [0.15, 0.2) is 0 Å². The lowest BCUT2D eigenvalue weighted by molar-refractivity contribution is 0.259. The van der Waals surface area contributed by atoms with Crippen molar-refractivity contribution in [3.8, 4) is 11.1 Å². The van der Waals surface area contributed by atoms with Gasteiger partial charge in [0.25, 0.3) is 5.56 Å². The maximum Gasteiger partial charge on any atom is 0.316 e. The highest BCUT2D eigenvalue weighted by Crippen LogP contribution is 2.23. The predicted octanol–water partition coefficient (Wildman–Crippen LogP) is 1.54. The van der Waals surface area contributed by atoms with Crippen molar-refractivity contribution in [2.75, 3.05) is 5.32 Å². The van der Waals surface area contributed by atoms with E-state index in [1.165, 1.54) is 4.57 Å². The Balaban J connectivity index is 2.66. The number of carbonyl (C=O) groups excluding carboxylic acids is 1. The van der Waals surface area contributed by atoms with Crippen LogP contribution in [0.4, 0.5) is 10.5 Å². The van der Waals surface area contributed by atoms with E-state index in [0.29, 0.717) is 11.3 Å². The smallest absolute Gasteiger partial charge is 0.316 e. The van der Waals surface area contributed by atoms with E-state index in [1.807, 2.05) is 30.3 Å². The van der Waals surface area contributed by atoms with Crippen molar-refractivity contribution in [3.05, 3.63) is 52.9 Å². The van der Waals surface area contributed by atoms with E-state index in [1.54, 1.807) is 19.3 Å². The first-order valence-corrected chi connectivity index (χ1v) is 5.41. The lowest BCUT2D eigenvalue weighted by atomic mass is 10.1. The summed E-state index contributed by atoms with van der Waals surface area (Å²) in [7, 11) is 1.66. The molecule has 1 aromatic carbocycles. The van der Waals surface area contributed by atoms with Crippen LogP contribution in [0.2, 0.25) is 0 Å². The number of nitrogens with zero attached hydrogens (tertiary/aromatic N) is 1. The van der Waals surface area contributed by atoms with Gasteiger partial charge in [-0.1, -0.05) is 30.3 Å². The largest absolute Gasteiger partial charge is 0.351 e. The summed E-state index contributed by atoms with van der Waals surface area (Å²) in [6.45, 7) is 0. The number of aryl methyl sites for hydroxylation is 1. The minimum atomic E-state index is -0.694. The fourth-order valence-electron chi connectivity index (χ4n) is 1.75. The molecule has 1 heterocycles. The Morgan fingerprint density at radius 1 is 1.22 bits per heavy atom. The number of carbonyl (C=O) groups is 1. The molecule has 0 aliphatic heterocycles. The maximum absolute atomic E-state index is 12.1. The Kier molecular flexibility index (Phi) is 3.14. The second-order valence-electron chi connectivity index (χ2n) is 3.88.